The Labute approximate surface area is 98.3 Å². The lowest BCUT2D eigenvalue weighted by molar-refractivity contribution is 0.177. The lowest BCUT2D eigenvalue weighted by Gasteiger charge is -2.48. The maximum absolute atomic E-state index is 5.47. The number of hydrogen-bond acceptors (Lipinski definition) is 1. The van der Waals surface area contributed by atoms with Gasteiger partial charge in [0.15, 0.2) is 0 Å². The summed E-state index contributed by atoms with van der Waals surface area (Å²) in [6.07, 6.45) is 10.1. The summed E-state index contributed by atoms with van der Waals surface area (Å²) in [6.45, 7) is 0. The zero-order chi connectivity index (χ0) is 11.4. The predicted molar refractivity (Wildman–Crippen MR) is 68.3 cm³/mol. The second-order valence-electron chi connectivity index (χ2n) is 4.63. The van der Waals surface area contributed by atoms with Crippen molar-refractivity contribution >= 4 is 0 Å². The topological polar surface area (TPSA) is 12.0 Å². The molecule has 1 aromatic rings. The van der Waals surface area contributed by atoms with Crippen LogP contribution in [0.1, 0.15) is 31.2 Å². The van der Waals surface area contributed by atoms with Crippen LogP contribution in [-0.2, 0) is 5.41 Å². The largest absolute Gasteiger partial charge is 0.315 e. The van der Waals surface area contributed by atoms with E-state index >= 15 is 0 Å². The second-order valence-corrected chi connectivity index (χ2v) is 4.63. The molecule has 0 radical (unpaired) electrons. The van der Waals surface area contributed by atoms with Gasteiger partial charge in [-0.05, 0) is 25.5 Å². The molecule has 2 rings (SSSR count). The van der Waals surface area contributed by atoms with Crippen molar-refractivity contribution < 1.29 is 0 Å². The number of likely N-dealkylation sites (N-methyl/N-ethyl adjacent to an activating group) is 1. The maximum Gasteiger partial charge on any atom is 0.0270 e. The molecule has 1 heteroatoms. The lowest BCUT2D eigenvalue weighted by Crippen LogP contribution is -2.51. The van der Waals surface area contributed by atoms with E-state index in [4.69, 9.17) is 6.42 Å². The first-order valence-corrected chi connectivity index (χ1v) is 6.00. The van der Waals surface area contributed by atoms with Gasteiger partial charge < -0.3 is 5.32 Å². The van der Waals surface area contributed by atoms with Gasteiger partial charge in [-0.25, -0.2) is 0 Å². The highest BCUT2D eigenvalue weighted by atomic mass is 14.9. The first kappa shape index (κ1) is 11.2. The van der Waals surface area contributed by atoms with E-state index in [2.05, 4.69) is 41.6 Å². The van der Waals surface area contributed by atoms with Crippen molar-refractivity contribution in [2.24, 2.45) is 0 Å². The van der Waals surface area contributed by atoms with Gasteiger partial charge in [0.2, 0.25) is 0 Å². The van der Waals surface area contributed by atoms with Crippen LogP contribution >= 0.6 is 0 Å². The molecule has 1 aromatic carbocycles. The van der Waals surface area contributed by atoms with Crippen LogP contribution in [-0.4, -0.2) is 13.1 Å². The molecule has 1 aliphatic rings. The summed E-state index contributed by atoms with van der Waals surface area (Å²) in [5.74, 6) is 2.80. The fraction of sp³-hybridized carbons (Fsp3) is 0.467. The summed E-state index contributed by atoms with van der Waals surface area (Å²) < 4.78 is 0. The minimum absolute atomic E-state index is 0.280. The monoisotopic (exact) mass is 213 g/mol. The molecule has 0 amide bonds. The zero-order valence-electron chi connectivity index (χ0n) is 9.87. The third kappa shape index (κ3) is 1.74. The number of hydrogen-bond donors (Lipinski definition) is 1. The summed E-state index contributed by atoms with van der Waals surface area (Å²) in [6, 6.07) is 11.2. The standard InChI is InChI=1S/C15H19N/c1-3-8-14(16-2)15(11-7-12-15)13-9-5-4-6-10-13/h1,4-6,9-10,14,16H,7-8,11-12H2,2H3. The van der Waals surface area contributed by atoms with Gasteiger partial charge in [-0.3, -0.25) is 0 Å². The Morgan fingerprint density at radius 1 is 1.38 bits per heavy atom. The average molecular weight is 213 g/mol. The molecule has 1 saturated carbocycles. The van der Waals surface area contributed by atoms with E-state index in [-0.39, 0.29) is 5.41 Å². The van der Waals surface area contributed by atoms with Gasteiger partial charge in [0, 0.05) is 17.9 Å². The third-order valence-corrected chi connectivity index (χ3v) is 3.93. The Balaban J connectivity index is 2.29. The van der Waals surface area contributed by atoms with E-state index in [1.54, 1.807) is 0 Å². The van der Waals surface area contributed by atoms with E-state index in [0.29, 0.717) is 6.04 Å². The smallest absolute Gasteiger partial charge is 0.0270 e. The molecule has 0 saturated heterocycles. The van der Waals surface area contributed by atoms with Crippen molar-refractivity contribution in [2.45, 2.75) is 37.1 Å². The van der Waals surface area contributed by atoms with Crippen molar-refractivity contribution in [1.29, 1.82) is 0 Å². The van der Waals surface area contributed by atoms with Gasteiger partial charge >= 0.3 is 0 Å². The molecule has 16 heavy (non-hydrogen) atoms. The van der Waals surface area contributed by atoms with Crippen LogP contribution in [0, 0.1) is 12.3 Å². The minimum Gasteiger partial charge on any atom is -0.315 e. The Morgan fingerprint density at radius 2 is 2.06 bits per heavy atom. The molecule has 1 unspecified atom stereocenters. The SMILES string of the molecule is C#CCC(NC)C1(c2ccccc2)CCC1. The number of rotatable bonds is 4. The minimum atomic E-state index is 0.280. The van der Waals surface area contributed by atoms with Crippen molar-refractivity contribution in [2.75, 3.05) is 7.05 Å². The molecule has 0 aromatic heterocycles. The van der Waals surface area contributed by atoms with Gasteiger partial charge in [-0.2, -0.15) is 0 Å². The first-order chi connectivity index (χ1) is 7.83. The summed E-state index contributed by atoms with van der Waals surface area (Å²) in [4.78, 5) is 0. The van der Waals surface area contributed by atoms with Crippen LogP contribution in [0.4, 0.5) is 0 Å². The summed E-state index contributed by atoms with van der Waals surface area (Å²) >= 11 is 0. The van der Waals surface area contributed by atoms with Gasteiger partial charge in [0.1, 0.15) is 0 Å². The Hall–Kier alpha value is -1.26. The molecular formula is C15H19N. The fourth-order valence-corrected chi connectivity index (χ4v) is 2.86. The van der Waals surface area contributed by atoms with Crippen LogP contribution in [0.15, 0.2) is 30.3 Å². The van der Waals surface area contributed by atoms with Crippen molar-refractivity contribution in [1.82, 2.24) is 5.32 Å². The van der Waals surface area contributed by atoms with Gasteiger partial charge in [0.25, 0.3) is 0 Å². The molecule has 1 aliphatic carbocycles. The zero-order valence-corrected chi connectivity index (χ0v) is 9.87. The van der Waals surface area contributed by atoms with Crippen molar-refractivity contribution in [3.8, 4) is 12.3 Å². The van der Waals surface area contributed by atoms with Crippen LogP contribution in [0.25, 0.3) is 0 Å². The molecule has 0 aliphatic heterocycles. The van der Waals surface area contributed by atoms with Crippen LogP contribution in [0.5, 0.6) is 0 Å². The Morgan fingerprint density at radius 3 is 2.50 bits per heavy atom. The highest BCUT2D eigenvalue weighted by Gasteiger charge is 2.44. The van der Waals surface area contributed by atoms with E-state index in [1.807, 2.05) is 7.05 Å². The summed E-state index contributed by atoms with van der Waals surface area (Å²) in [5, 5.41) is 3.40. The highest BCUT2D eigenvalue weighted by molar-refractivity contribution is 5.31. The molecule has 1 atom stereocenters. The highest BCUT2D eigenvalue weighted by Crippen LogP contribution is 2.47. The Kier molecular flexibility index (Phi) is 3.31. The summed E-state index contributed by atoms with van der Waals surface area (Å²) in [5.41, 5.74) is 1.72. The molecule has 0 heterocycles. The van der Waals surface area contributed by atoms with Gasteiger partial charge in [0.05, 0.1) is 0 Å². The number of terminal acetylenes is 1. The van der Waals surface area contributed by atoms with E-state index in [1.165, 1.54) is 24.8 Å². The van der Waals surface area contributed by atoms with E-state index in [9.17, 15) is 0 Å². The van der Waals surface area contributed by atoms with Crippen LogP contribution in [0.3, 0.4) is 0 Å². The Bertz CT molecular complexity index is 370. The maximum atomic E-state index is 5.47. The number of nitrogens with one attached hydrogen (secondary N) is 1. The number of benzene rings is 1. The molecule has 1 fully saturated rings. The van der Waals surface area contributed by atoms with Crippen LogP contribution in [0.2, 0.25) is 0 Å². The fourth-order valence-electron chi connectivity index (χ4n) is 2.86. The molecule has 1 N–H and O–H groups in total. The molecule has 1 nitrogen and oxygen atoms in total. The van der Waals surface area contributed by atoms with E-state index in [0.717, 1.165) is 6.42 Å². The third-order valence-electron chi connectivity index (χ3n) is 3.93. The molecule has 84 valence electrons. The predicted octanol–water partition coefficient (Wildman–Crippen LogP) is 2.72. The normalized spacial score (nSPS) is 19.5. The van der Waals surface area contributed by atoms with E-state index < -0.39 is 0 Å². The molecule has 0 spiro atoms. The van der Waals surface area contributed by atoms with Crippen molar-refractivity contribution in [3.05, 3.63) is 35.9 Å². The van der Waals surface area contributed by atoms with Gasteiger partial charge in [-0.1, -0.05) is 36.8 Å². The average Bonchev–Trinajstić information content (AvgIpc) is 2.28. The quantitative estimate of drug-likeness (QED) is 0.758. The summed E-state index contributed by atoms with van der Waals surface area (Å²) in [7, 11) is 2.02. The first-order valence-electron chi connectivity index (χ1n) is 6.00. The lowest BCUT2D eigenvalue weighted by atomic mass is 9.59. The van der Waals surface area contributed by atoms with Gasteiger partial charge in [-0.15, -0.1) is 12.3 Å². The van der Waals surface area contributed by atoms with Crippen LogP contribution < -0.4 is 5.32 Å². The van der Waals surface area contributed by atoms with Crippen molar-refractivity contribution in [3.63, 3.8) is 0 Å². The molecule has 0 bridgehead atoms. The molecular weight excluding hydrogens is 194 g/mol. The second kappa shape index (κ2) is 4.72.